The number of hydrogen-bond donors (Lipinski definition) is 2. The minimum atomic E-state index is -0.427. The van der Waals surface area contributed by atoms with Crippen LogP contribution in [-0.4, -0.2) is 18.4 Å². The van der Waals surface area contributed by atoms with Gasteiger partial charge in [0, 0.05) is 18.4 Å². The maximum Gasteiger partial charge on any atom is 0.276 e. The number of aryl methyl sites for hydroxylation is 3. The van der Waals surface area contributed by atoms with Crippen molar-refractivity contribution in [2.45, 2.75) is 26.7 Å². The molecule has 1 heterocycles. The number of hydrazine groups is 1. The summed E-state index contributed by atoms with van der Waals surface area (Å²) in [6, 6.07) is 19.3. The van der Waals surface area contributed by atoms with Crippen molar-refractivity contribution >= 4 is 11.8 Å². The second-order valence-electron chi connectivity index (χ2n) is 6.79. The normalized spacial score (nSPS) is 10.4. The molecular weight excluding hydrogens is 368 g/mol. The van der Waals surface area contributed by atoms with Crippen LogP contribution in [0.2, 0.25) is 0 Å². The van der Waals surface area contributed by atoms with Crippen LogP contribution in [-0.2, 0) is 16.0 Å². The highest BCUT2D eigenvalue weighted by molar-refractivity contribution is 5.82. The van der Waals surface area contributed by atoms with Crippen LogP contribution >= 0.6 is 0 Å². The summed E-state index contributed by atoms with van der Waals surface area (Å²) in [5.41, 5.74) is 7.73. The summed E-state index contributed by atoms with van der Waals surface area (Å²) >= 11 is 0. The van der Waals surface area contributed by atoms with Gasteiger partial charge in [0.2, 0.25) is 5.91 Å². The third kappa shape index (κ3) is 5.97. The molecule has 150 valence electrons. The van der Waals surface area contributed by atoms with E-state index in [-0.39, 0.29) is 18.9 Å². The van der Waals surface area contributed by atoms with Gasteiger partial charge in [-0.05, 0) is 43.2 Å². The molecule has 2 N–H and O–H groups in total. The molecule has 0 saturated carbocycles. The monoisotopic (exact) mass is 392 g/mol. The lowest BCUT2D eigenvalue weighted by Crippen LogP contribution is -2.43. The topological polar surface area (TPSA) is 80.6 Å². The van der Waals surface area contributed by atoms with Crippen LogP contribution < -0.4 is 15.6 Å². The van der Waals surface area contributed by atoms with E-state index in [4.69, 9.17) is 9.15 Å². The molecule has 0 bridgehead atoms. The molecule has 3 rings (SSSR count). The van der Waals surface area contributed by atoms with Gasteiger partial charge in [-0.15, -0.1) is 0 Å². The van der Waals surface area contributed by atoms with Crippen molar-refractivity contribution in [3.05, 3.63) is 77.6 Å². The van der Waals surface area contributed by atoms with Crippen molar-refractivity contribution in [1.29, 1.82) is 0 Å². The van der Waals surface area contributed by atoms with E-state index < -0.39 is 5.91 Å². The van der Waals surface area contributed by atoms with Gasteiger partial charge in [0.05, 0.1) is 0 Å². The molecule has 0 aliphatic carbocycles. The minimum absolute atomic E-state index is 0.177. The highest BCUT2D eigenvalue weighted by Crippen LogP contribution is 2.22. The zero-order valence-corrected chi connectivity index (χ0v) is 16.5. The second kappa shape index (κ2) is 9.59. The summed E-state index contributed by atoms with van der Waals surface area (Å²) in [6.45, 7) is 3.68. The molecule has 2 aromatic carbocycles. The average molecular weight is 392 g/mol. The third-order valence-electron chi connectivity index (χ3n) is 4.36. The summed E-state index contributed by atoms with van der Waals surface area (Å²) in [5, 5.41) is 0. The number of rotatable bonds is 7. The lowest BCUT2D eigenvalue weighted by Gasteiger charge is -2.11. The summed E-state index contributed by atoms with van der Waals surface area (Å²) in [7, 11) is 0. The van der Waals surface area contributed by atoms with E-state index in [1.165, 1.54) is 0 Å². The van der Waals surface area contributed by atoms with Gasteiger partial charge in [-0.2, -0.15) is 0 Å². The fourth-order valence-electron chi connectivity index (χ4n) is 2.75. The number of nitrogens with one attached hydrogen (secondary N) is 2. The van der Waals surface area contributed by atoms with Gasteiger partial charge >= 0.3 is 0 Å². The van der Waals surface area contributed by atoms with E-state index in [2.05, 4.69) is 10.9 Å². The molecule has 6 nitrogen and oxygen atoms in total. The van der Waals surface area contributed by atoms with E-state index >= 15 is 0 Å². The Labute approximate surface area is 169 Å². The number of hydrogen-bond acceptors (Lipinski definition) is 4. The van der Waals surface area contributed by atoms with Gasteiger partial charge in [0.15, 0.2) is 6.61 Å². The molecule has 0 fully saturated rings. The summed E-state index contributed by atoms with van der Waals surface area (Å²) in [4.78, 5) is 23.8. The number of ether oxygens (including phenoxy) is 1. The number of carbonyl (C=O) groups excluding carboxylic acids is 2. The Morgan fingerprint density at radius 2 is 1.69 bits per heavy atom. The first-order chi connectivity index (χ1) is 14.0. The van der Waals surface area contributed by atoms with Crippen molar-refractivity contribution < 1.29 is 18.7 Å². The predicted octanol–water partition coefficient (Wildman–Crippen LogP) is 3.72. The molecule has 0 atom stereocenters. The van der Waals surface area contributed by atoms with Gasteiger partial charge < -0.3 is 9.15 Å². The van der Waals surface area contributed by atoms with E-state index in [0.29, 0.717) is 17.9 Å². The van der Waals surface area contributed by atoms with Crippen molar-refractivity contribution in [2.24, 2.45) is 0 Å². The van der Waals surface area contributed by atoms with Crippen LogP contribution in [0.25, 0.3) is 11.3 Å². The molecule has 0 radical (unpaired) electrons. The zero-order chi connectivity index (χ0) is 20.6. The molecule has 0 saturated heterocycles. The molecule has 6 heteroatoms. The van der Waals surface area contributed by atoms with E-state index in [9.17, 15) is 9.59 Å². The number of furan rings is 1. The fraction of sp³-hybridized carbons (Fsp3) is 0.217. The molecular formula is C23H24N2O4. The van der Waals surface area contributed by atoms with E-state index in [1.807, 2.05) is 74.5 Å². The molecule has 0 aliphatic heterocycles. The summed E-state index contributed by atoms with van der Waals surface area (Å²) in [5.74, 6) is 1.39. The Kier molecular flexibility index (Phi) is 6.68. The van der Waals surface area contributed by atoms with Crippen molar-refractivity contribution in [2.75, 3.05) is 6.61 Å². The van der Waals surface area contributed by atoms with Gasteiger partial charge in [-0.1, -0.05) is 42.5 Å². The van der Waals surface area contributed by atoms with Gasteiger partial charge in [-0.3, -0.25) is 20.4 Å². The first-order valence-corrected chi connectivity index (χ1v) is 9.43. The molecule has 1 aromatic heterocycles. The number of carbonyl (C=O) groups is 2. The minimum Gasteiger partial charge on any atom is -0.483 e. The Balaban J connectivity index is 1.39. The van der Waals surface area contributed by atoms with Gasteiger partial charge in [-0.25, -0.2) is 0 Å². The lowest BCUT2D eigenvalue weighted by atomic mass is 10.1. The molecule has 0 aliphatic rings. The Hall–Kier alpha value is -3.54. The smallest absolute Gasteiger partial charge is 0.276 e. The molecule has 0 unspecified atom stereocenters. The zero-order valence-electron chi connectivity index (χ0n) is 16.5. The summed E-state index contributed by atoms with van der Waals surface area (Å²) in [6.07, 6.45) is 0.632. The Morgan fingerprint density at radius 3 is 2.48 bits per heavy atom. The maximum atomic E-state index is 12.0. The van der Waals surface area contributed by atoms with Gasteiger partial charge in [0.1, 0.15) is 17.3 Å². The van der Waals surface area contributed by atoms with Crippen LogP contribution in [0.1, 0.15) is 23.3 Å². The number of benzene rings is 2. The molecule has 3 aromatic rings. The Bertz CT molecular complexity index is 980. The molecule has 29 heavy (non-hydrogen) atoms. The van der Waals surface area contributed by atoms with Crippen LogP contribution in [0.3, 0.4) is 0 Å². The highest BCUT2D eigenvalue weighted by atomic mass is 16.5. The van der Waals surface area contributed by atoms with Crippen molar-refractivity contribution in [3.8, 4) is 17.1 Å². The first kappa shape index (κ1) is 20.2. The first-order valence-electron chi connectivity index (χ1n) is 9.43. The maximum absolute atomic E-state index is 12.0. The summed E-state index contributed by atoms with van der Waals surface area (Å²) < 4.78 is 11.3. The highest BCUT2D eigenvalue weighted by Gasteiger charge is 2.09. The second-order valence-corrected chi connectivity index (χ2v) is 6.79. The largest absolute Gasteiger partial charge is 0.483 e. The average Bonchev–Trinajstić information content (AvgIpc) is 3.21. The van der Waals surface area contributed by atoms with Crippen LogP contribution in [0.4, 0.5) is 0 Å². The predicted molar refractivity (Wildman–Crippen MR) is 110 cm³/mol. The number of amides is 2. The lowest BCUT2D eigenvalue weighted by molar-refractivity contribution is -0.130. The SMILES string of the molecule is Cc1ccc(C)c(OCC(=O)NNC(=O)CCc2ccc(-c3ccccc3)o2)c1. The standard InChI is InChI=1S/C23H24N2O4/c1-16-8-9-17(2)21(14-16)28-15-23(27)25-24-22(26)13-11-19-10-12-20(29-19)18-6-4-3-5-7-18/h3-10,12,14H,11,13,15H2,1-2H3,(H,24,26)(H,25,27). The third-order valence-corrected chi connectivity index (χ3v) is 4.36. The van der Waals surface area contributed by atoms with Gasteiger partial charge in [0.25, 0.3) is 5.91 Å². The van der Waals surface area contributed by atoms with Crippen molar-refractivity contribution in [3.63, 3.8) is 0 Å². The van der Waals surface area contributed by atoms with Crippen LogP contribution in [0.15, 0.2) is 65.1 Å². The molecule has 0 spiro atoms. The molecule has 2 amide bonds. The van der Waals surface area contributed by atoms with Crippen LogP contribution in [0, 0.1) is 13.8 Å². The Morgan fingerprint density at radius 1 is 0.931 bits per heavy atom. The van der Waals surface area contributed by atoms with E-state index in [1.54, 1.807) is 0 Å². The van der Waals surface area contributed by atoms with Crippen LogP contribution in [0.5, 0.6) is 5.75 Å². The quantitative estimate of drug-likeness (QED) is 0.601. The fourth-order valence-corrected chi connectivity index (χ4v) is 2.75. The van der Waals surface area contributed by atoms with E-state index in [0.717, 1.165) is 22.5 Å². The van der Waals surface area contributed by atoms with Crippen molar-refractivity contribution in [1.82, 2.24) is 10.9 Å².